The number of para-hydroxylation sites is 2. The van der Waals surface area contributed by atoms with E-state index in [1.54, 1.807) is 24.3 Å². The summed E-state index contributed by atoms with van der Waals surface area (Å²) < 4.78 is 39.2. The minimum absolute atomic E-state index is 0.419. The lowest BCUT2D eigenvalue weighted by atomic mass is 10.2. The van der Waals surface area contributed by atoms with Crippen LogP contribution in [0.25, 0.3) is 16.6 Å². The van der Waals surface area contributed by atoms with Crippen LogP contribution in [0.4, 0.5) is 13.2 Å². The number of hydrogen-bond acceptors (Lipinski definition) is 2. The van der Waals surface area contributed by atoms with Crippen LogP contribution < -0.4 is 5.56 Å². The molecule has 0 aliphatic rings. The number of rotatable bonds is 0. The van der Waals surface area contributed by atoms with Crippen molar-refractivity contribution in [2.75, 3.05) is 0 Å². The minimum Gasteiger partial charge on any atom is -0.319 e. The van der Waals surface area contributed by atoms with E-state index in [0.29, 0.717) is 17.2 Å². The van der Waals surface area contributed by atoms with Gasteiger partial charge in [0.1, 0.15) is 11.1 Å². The maximum atomic E-state index is 12.7. The fourth-order valence-electron chi connectivity index (χ4n) is 1.90. The topological polar surface area (TPSA) is 50.2 Å². The average Bonchev–Trinajstić information content (AvgIpc) is 2.74. The van der Waals surface area contributed by atoms with Crippen LogP contribution in [0.2, 0.25) is 0 Å². The summed E-state index contributed by atoms with van der Waals surface area (Å²) in [4.78, 5) is 14.1. The lowest BCUT2D eigenvalue weighted by Gasteiger charge is -2.04. The van der Waals surface area contributed by atoms with Gasteiger partial charge in [-0.3, -0.25) is 4.79 Å². The fourth-order valence-corrected chi connectivity index (χ4v) is 1.90. The molecule has 2 heterocycles. The van der Waals surface area contributed by atoms with Gasteiger partial charge in [0.25, 0.3) is 5.56 Å². The van der Waals surface area contributed by atoms with Crippen LogP contribution >= 0.6 is 0 Å². The summed E-state index contributed by atoms with van der Waals surface area (Å²) >= 11 is 0. The van der Waals surface area contributed by atoms with E-state index >= 15 is 0 Å². The zero-order valence-corrected chi connectivity index (χ0v) is 8.82. The highest BCUT2D eigenvalue weighted by Crippen LogP contribution is 2.31. The van der Waals surface area contributed by atoms with E-state index in [1.165, 1.54) is 0 Å². The van der Waals surface area contributed by atoms with E-state index in [-0.39, 0.29) is 0 Å². The number of aromatic amines is 1. The summed E-state index contributed by atoms with van der Waals surface area (Å²) in [7, 11) is 0. The fraction of sp³-hybridized carbons (Fsp3) is 0.0909. The van der Waals surface area contributed by atoms with Crippen molar-refractivity contribution in [2.45, 2.75) is 6.18 Å². The largest absolute Gasteiger partial charge is 0.420 e. The Morgan fingerprint density at radius 2 is 1.94 bits per heavy atom. The predicted octanol–water partition coefficient (Wildman–Crippen LogP) is 2.19. The number of H-pyrrole nitrogens is 1. The van der Waals surface area contributed by atoms with Crippen molar-refractivity contribution in [2.24, 2.45) is 0 Å². The molecule has 0 unspecified atom stereocenters. The molecule has 0 amide bonds. The zero-order chi connectivity index (χ0) is 12.9. The molecule has 0 radical (unpaired) electrons. The summed E-state index contributed by atoms with van der Waals surface area (Å²) in [5.74, 6) is 0. The quantitative estimate of drug-likeness (QED) is 0.667. The molecule has 1 aromatic carbocycles. The Labute approximate surface area is 97.7 Å². The van der Waals surface area contributed by atoms with E-state index in [2.05, 4.69) is 10.1 Å². The number of benzene rings is 1. The van der Waals surface area contributed by atoms with Crippen molar-refractivity contribution >= 4 is 16.6 Å². The van der Waals surface area contributed by atoms with Crippen LogP contribution in [-0.4, -0.2) is 14.6 Å². The molecule has 0 saturated heterocycles. The molecule has 0 fully saturated rings. The molecular weight excluding hydrogens is 247 g/mol. The lowest BCUT2D eigenvalue weighted by Crippen LogP contribution is -2.15. The second-order valence-electron chi connectivity index (χ2n) is 3.79. The van der Waals surface area contributed by atoms with E-state index in [1.807, 2.05) is 0 Å². The van der Waals surface area contributed by atoms with Gasteiger partial charge in [0.05, 0.1) is 17.2 Å². The van der Waals surface area contributed by atoms with Gasteiger partial charge in [-0.2, -0.15) is 18.3 Å². The van der Waals surface area contributed by atoms with Crippen LogP contribution in [0.3, 0.4) is 0 Å². The molecule has 3 rings (SSSR count). The summed E-state index contributed by atoms with van der Waals surface area (Å²) in [6.45, 7) is 0. The van der Waals surface area contributed by atoms with E-state index in [9.17, 15) is 18.0 Å². The van der Waals surface area contributed by atoms with Crippen molar-refractivity contribution in [3.05, 3.63) is 46.4 Å². The molecule has 2 aromatic heterocycles. The van der Waals surface area contributed by atoms with E-state index < -0.39 is 22.8 Å². The van der Waals surface area contributed by atoms with Gasteiger partial charge in [0.2, 0.25) is 0 Å². The Hall–Kier alpha value is -2.31. The van der Waals surface area contributed by atoms with Gasteiger partial charge < -0.3 is 4.98 Å². The van der Waals surface area contributed by atoms with Gasteiger partial charge in [-0.05, 0) is 12.1 Å². The molecule has 0 aliphatic heterocycles. The SMILES string of the molecule is O=c1[nH]c2ccccc2n2ncc(C(F)(F)F)c12. The zero-order valence-electron chi connectivity index (χ0n) is 8.82. The van der Waals surface area contributed by atoms with Crippen LogP contribution in [0.15, 0.2) is 35.3 Å². The molecule has 0 spiro atoms. The Bertz CT molecular complexity index is 800. The number of aromatic nitrogens is 3. The second kappa shape index (κ2) is 3.34. The van der Waals surface area contributed by atoms with Gasteiger partial charge >= 0.3 is 6.18 Å². The maximum absolute atomic E-state index is 12.7. The first-order valence-electron chi connectivity index (χ1n) is 5.04. The Morgan fingerprint density at radius 1 is 1.22 bits per heavy atom. The van der Waals surface area contributed by atoms with Crippen LogP contribution in [0.1, 0.15) is 5.56 Å². The maximum Gasteiger partial charge on any atom is 0.420 e. The number of nitrogens with zero attached hydrogens (tertiary/aromatic N) is 2. The Balaban J connectivity index is 2.55. The Kier molecular flexibility index (Phi) is 2.01. The first-order valence-corrected chi connectivity index (χ1v) is 5.04. The molecule has 7 heteroatoms. The van der Waals surface area contributed by atoms with Crippen LogP contribution in [0, 0.1) is 0 Å². The van der Waals surface area contributed by atoms with Gasteiger partial charge in [-0.1, -0.05) is 12.1 Å². The van der Waals surface area contributed by atoms with Crippen LogP contribution in [-0.2, 0) is 6.18 Å². The monoisotopic (exact) mass is 253 g/mol. The molecule has 1 N–H and O–H groups in total. The Morgan fingerprint density at radius 3 is 2.67 bits per heavy atom. The molecule has 0 saturated carbocycles. The molecule has 4 nitrogen and oxygen atoms in total. The highest BCUT2D eigenvalue weighted by molar-refractivity contribution is 5.78. The van der Waals surface area contributed by atoms with Crippen LogP contribution in [0.5, 0.6) is 0 Å². The highest BCUT2D eigenvalue weighted by Gasteiger charge is 2.35. The summed E-state index contributed by atoms with van der Waals surface area (Å²) in [5, 5.41) is 3.65. The van der Waals surface area contributed by atoms with Gasteiger partial charge in [0.15, 0.2) is 0 Å². The predicted molar refractivity (Wildman–Crippen MR) is 58.3 cm³/mol. The van der Waals surface area contributed by atoms with Crippen molar-refractivity contribution < 1.29 is 13.2 Å². The van der Waals surface area contributed by atoms with Gasteiger partial charge in [-0.25, -0.2) is 4.52 Å². The van der Waals surface area contributed by atoms with Gasteiger partial charge in [0, 0.05) is 0 Å². The third-order valence-corrected chi connectivity index (χ3v) is 2.67. The third kappa shape index (κ3) is 1.40. The molecule has 3 aromatic rings. The van der Waals surface area contributed by atoms with Crippen molar-refractivity contribution in [3.63, 3.8) is 0 Å². The first-order chi connectivity index (χ1) is 8.48. The summed E-state index contributed by atoms with van der Waals surface area (Å²) in [6.07, 6.45) is -3.94. The number of alkyl halides is 3. The number of hydrogen-bond donors (Lipinski definition) is 1. The molecule has 18 heavy (non-hydrogen) atoms. The molecule has 0 aliphatic carbocycles. The highest BCUT2D eigenvalue weighted by atomic mass is 19.4. The number of fused-ring (bicyclic) bond motifs is 3. The molecule has 0 atom stereocenters. The number of halogens is 3. The summed E-state index contributed by atoms with van der Waals surface area (Å²) in [6, 6.07) is 6.53. The van der Waals surface area contributed by atoms with Crippen molar-refractivity contribution in [1.29, 1.82) is 0 Å². The first kappa shape index (κ1) is 10.8. The average molecular weight is 253 g/mol. The smallest absolute Gasteiger partial charge is 0.319 e. The van der Waals surface area contributed by atoms with Gasteiger partial charge in [-0.15, -0.1) is 0 Å². The minimum atomic E-state index is -4.60. The standard InChI is InChI=1S/C11H6F3N3O/c12-11(13,14)6-5-15-17-8-4-2-1-3-7(8)16-10(18)9(6)17/h1-5H,(H,16,18). The molecule has 0 bridgehead atoms. The van der Waals surface area contributed by atoms with E-state index in [4.69, 9.17) is 0 Å². The molecule has 92 valence electrons. The summed E-state index contributed by atoms with van der Waals surface area (Å²) in [5.41, 5.74) is -1.47. The second-order valence-corrected chi connectivity index (χ2v) is 3.79. The van der Waals surface area contributed by atoms with E-state index in [0.717, 1.165) is 4.52 Å². The normalized spacial score (nSPS) is 12.4. The third-order valence-electron chi connectivity index (χ3n) is 2.67. The van der Waals surface area contributed by atoms with Crippen molar-refractivity contribution in [1.82, 2.24) is 14.6 Å². The number of nitrogens with one attached hydrogen (secondary N) is 1. The molecular formula is C11H6F3N3O. The lowest BCUT2D eigenvalue weighted by molar-refractivity contribution is -0.136. The van der Waals surface area contributed by atoms with Crippen molar-refractivity contribution in [3.8, 4) is 0 Å².